The van der Waals surface area contributed by atoms with Crippen molar-refractivity contribution >= 4 is 29.2 Å². The lowest BCUT2D eigenvalue weighted by molar-refractivity contribution is -0.143. The number of rotatable bonds is 5. The van der Waals surface area contributed by atoms with Crippen LogP contribution in [0.5, 0.6) is 0 Å². The number of anilines is 1. The van der Waals surface area contributed by atoms with Crippen LogP contribution < -0.4 is 4.90 Å². The van der Waals surface area contributed by atoms with Crippen LogP contribution in [0.25, 0.3) is 0 Å². The molecular formula is C32H27F3N4O5. The van der Waals surface area contributed by atoms with E-state index in [-0.39, 0.29) is 54.8 Å². The van der Waals surface area contributed by atoms with Gasteiger partial charge in [0.1, 0.15) is 5.92 Å². The molecule has 3 amide bonds. The minimum Gasteiger partial charge on any atom is -0.459 e. The molecule has 0 saturated carbocycles. The van der Waals surface area contributed by atoms with Crippen molar-refractivity contribution in [3.05, 3.63) is 101 Å². The lowest BCUT2D eigenvalue weighted by Gasteiger charge is -2.42. The van der Waals surface area contributed by atoms with E-state index in [0.717, 1.165) is 23.1 Å². The van der Waals surface area contributed by atoms with Gasteiger partial charge in [0.25, 0.3) is 5.91 Å². The van der Waals surface area contributed by atoms with Crippen molar-refractivity contribution in [2.24, 2.45) is 5.92 Å². The van der Waals surface area contributed by atoms with Crippen molar-refractivity contribution in [3.8, 4) is 6.07 Å². The van der Waals surface area contributed by atoms with E-state index in [1.165, 1.54) is 54.2 Å². The number of nitriles is 1. The number of benzene rings is 2. The minimum atomic E-state index is -4.69. The number of carbonyl (C=O) groups excluding carboxylic acids is 4. The topological polar surface area (TPSA) is 115 Å². The summed E-state index contributed by atoms with van der Waals surface area (Å²) >= 11 is 0. The summed E-state index contributed by atoms with van der Waals surface area (Å²) in [7, 11) is 0. The van der Waals surface area contributed by atoms with Gasteiger partial charge in [-0.2, -0.15) is 18.4 Å². The standard InChI is InChI=1S/C32H27F3N4O5/c1-19-26(20(2)40)27(22-10-8-21(18-36)9-11-22)28(31(43)39(19)24-6-3-5-23(17-24)32(33,34)35)30(42)38-14-12-37(13-15-38)29(41)25-7-4-16-44-25/h3-11,16-17,27-28H,12-15H2,1-2H3. The Morgan fingerprint density at radius 1 is 0.955 bits per heavy atom. The lowest BCUT2D eigenvalue weighted by Crippen LogP contribution is -2.56. The summed E-state index contributed by atoms with van der Waals surface area (Å²) in [5.74, 6) is -4.65. The Kier molecular flexibility index (Phi) is 8.15. The normalized spacial score (nSPS) is 19.2. The highest BCUT2D eigenvalue weighted by molar-refractivity contribution is 6.15. The van der Waals surface area contributed by atoms with E-state index in [2.05, 4.69) is 0 Å². The van der Waals surface area contributed by atoms with Gasteiger partial charge in [0.15, 0.2) is 11.5 Å². The molecule has 226 valence electrons. The molecule has 0 spiro atoms. The maximum absolute atomic E-state index is 14.3. The van der Waals surface area contributed by atoms with Crippen LogP contribution in [0.1, 0.15) is 47.0 Å². The third-order valence-electron chi connectivity index (χ3n) is 7.94. The molecule has 2 aliphatic heterocycles. The van der Waals surface area contributed by atoms with Crippen molar-refractivity contribution in [2.75, 3.05) is 31.1 Å². The van der Waals surface area contributed by atoms with Crippen LogP contribution in [0.15, 0.2) is 82.6 Å². The number of furan rings is 1. The summed E-state index contributed by atoms with van der Waals surface area (Å²) in [6.07, 6.45) is -3.31. The Bertz CT molecular complexity index is 1680. The molecule has 0 N–H and O–H groups in total. The van der Waals surface area contributed by atoms with Crippen molar-refractivity contribution in [1.82, 2.24) is 9.80 Å². The van der Waals surface area contributed by atoms with Gasteiger partial charge in [0.05, 0.1) is 23.5 Å². The van der Waals surface area contributed by atoms with Crippen LogP contribution in [-0.2, 0) is 20.6 Å². The highest BCUT2D eigenvalue weighted by Crippen LogP contribution is 2.44. The Morgan fingerprint density at radius 3 is 2.18 bits per heavy atom. The Balaban J connectivity index is 1.56. The smallest absolute Gasteiger partial charge is 0.416 e. The number of allylic oxidation sites excluding steroid dienone is 2. The van der Waals surface area contributed by atoms with Crippen LogP contribution in [0.4, 0.5) is 18.9 Å². The molecule has 2 aliphatic rings. The van der Waals surface area contributed by atoms with Crippen molar-refractivity contribution in [3.63, 3.8) is 0 Å². The zero-order valence-corrected chi connectivity index (χ0v) is 23.8. The van der Waals surface area contributed by atoms with Gasteiger partial charge in [-0.25, -0.2) is 0 Å². The Labute approximate surface area is 250 Å². The van der Waals surface area contributed by atoms with Gasteiger partial charge in [0.2, 0.25) is 11.8 Å². The molecule has 2 unspecified atom stereocenters. The number of piperazine rings is 1. The van der Waals surface area contributed by atoms with Crippen LogP contribution in [0, 0.1) is 17.2 Å². The summed E-state index contributed by atoms with van der Waals surface area (Å²) < 4.78 is 46.0. The van der Waals surface area contributed by atoms with Gasteiger partial charge in [-0.3, -0.25) is 24.1 Å². The second-order valence-electron chi connectivity index (χ2n) is 10.6. The quantitative estimate of drug-likeness (QED) is 0.388. The maximum atomic E-state index is 14.3. The highest BCUT2D eigenvalue weighted by atomic mass is 19.4. The predicted octanol–water partition coefficient (Wildman–Crippen LogP) is 4.76. The van der Waals surface area contributed by atoms with Crippen LogP contribution >= 0.6 is 0 Å². The SMILES string of the molecule is CC(=O)C1=C(C)N(c2cccc(C(F)(F)F)c2)C(=O)C(C(=O)N2CCN(C(=O)c3ccco3)CC2)C1c1ccc(C#N)cc1. The van der Waals surface area contributed by atoms with Crippen LogP contribution in [0.2, 0.25) is 0 Å². The molecule has 2 atom stereocenters. The van der Waals surface area contributed by atoms with E-state index in [0.29, 0.717) is 11.1 Å². The molecule has 12 heteroatoms. The van der Waals surface area contributed by atoms with E-state index in [4.69, 9.17) is 4.42 Å². The van der Waals surface area contributed by atoms with Crippen molar-refractivity contribution in [1.29, 1.82) is 5.26 Å². The average Bonchev–Trinajstić information content (AvgIpc) is 3.55. The number of halogens is 3. The minimum absolute atomic E-state index is 0.0802. The fourth-order valence-electron chi connectivity index (χ4n) is 5.83. The molecule has 5 rings (SSSR count). The summed E-state index contributed by atoms with van der Waals surface area (Å²) in [4.78, 5) is 58.4. The first-order chi connectivity index (χ1) is 20.9. The molecule has 3 heterocycles. The predicted molar refractivity (Wildman–Crippen MR) is 151 cm³/mol. The summed E-state index contributed by atoms with van der Waals surface area (Å²) in [6, 6.07) is 15.4. The fraction of sp³-hybridized carbons (Fsp3) is 0.281. The number of alkyl halides is 3. The highest BCUT2D eigenvalue weighted by Gasteiger charge is 2.49. The average molecular weight is 605 g/mol. The van der Waals surface area contributed by atoms with Crippen molar-refractivity contribution in [2.45, 2.75) is 25.9 Å². The number of hydrogen-bond donors (Lipinski definition) is 0. The molecular weight excluding hydrogens is 577 g/mol. The number of carbonyl (C=O) groups is 4. The van der Waals surface area contributed by atoms with E-state index in [9.17, 15) is 37.6 Å². The first-order valence-corrected chi connectivity index (χ1v) is 13.8. The molecule has 1 aromatic heterocycles. The zero-order chi connectivity index (χ0) is 31.8. The van der Waals surface area contributed by atoms with E-state index >= 15 is 0 Å². The maximum Gasteiger partial charge on any atom is 0.416 e. The van der Waals surface area contributed by atoms with Gasteiger partial charge in [-0.1, -0.05) is 18.2 Å². The van der Waals surface area contributed by atoms with Gasteiger partial charge >= 0.3 is 6.18 Å². The molecule has 0 bridgehead atoms. The van der Waals surface area contributed by atoms with Crippen LogP contribution in [-0.4, -0.2) is 59.5 Å². The number of amides is 3. The number of ketones is 1. The van der Waals surface area contributed by atoms with Crippen LogP contribution in [0.3, 0.4) is 0 Å². The van der Waals surface area contributed by atoms with Gasteiger partial charge in [0, 0.05) is 49.1 Å². The fourth-order valence-corrected chi connectivity index (χ4v) is 5.83. The van der Waals surface area contributed by atoms with Gasteiger partial charge in [-0.15, -0.1) is 0 Å². The van der Waals surface area contributed by atoms with Gasteiger partial charge in [-0.05, 0) is 61.9 Å². The molecule has 0 aliphatic carbocycles. The number of hydrogen-bond acceptors (Lipinski definition) is 6. The largest absolute Gasteiger partial charge is 0.459 e. The molecule has 2 aromatic carbocycles. The van der Waals surface area contributed by atoms with E-state index in [1.807, 2.05) is 6.07 Å². The zero-order valence-electron chi connectivity index (χ0n) is 23.8. The summed E-state index contributed by atoms with van der Waals surface area (Å²) in [5.41, 5.74) is -0.173. The van der Waals surface area contributed by atoms with Crippen molar-refractivity contribution < 1.29 is 36.8 Å². The number of Topliss-reactive ketones (excluding diaryl/α,β-unsaturated/α-hetero) is 1. The van der Waals surface area contributed by atoms with Gasteiger partial charge < -0.3 is 14.2 Å². The molecule has 3 aromatic rings. The van der Waals surface area contributed by atoms with E-state index < -0.39 is 41.2 Å². The first-order valence-electron chi connectivity index (χ1n) is 13.8. The second kappa shape index (κ2) is 11.8. The third kappa shape index (κ3) is 5.60. The number of nitrogens with zero attached hydrogens (tertiary/aromatic N) is 4. The van der Waals surface area contributed by atoms with E-state index in [1.54, 1.807) is 18.2 Å². The summed E-state index contributed by atoms with van der Waals surface area (Å²) in [6.45, 7) is 3.20. The molecule has 1 fully saturated rings. The Morgan fingerprint density at radius 2 is 1.61 bits per heavy atom. The monoisotopic (exact) mass is 604 g/mol. The summed E-state index contributed by atoms with van der Waals surface area (Å²) in [5, 5.41) is 9.29. The molecule has 1 saturated heterocycles. The lowest BCUT2D eigenvalue weighted by atomic mass is 9.73. The first kappa shape index (κ1) is 30.3. The Hall–Kier alpha value is -5.18. The second-order valence-corrected chi connectivity index (χ2v) is 10.6. The molecule has 9 nitrogen and oxygen atoms in total. The third-order valence-corrected chi connectivity index (χ3v) is 7.94. The molecule has 44 heavy (non-hydrogen) atoms. The molecule has 0 radical (unpaired) electrons.